The first-order chi connectivity index (χ1) is 29.2. The Morgan fingerprint density at radius 1 is 0.288 bits per heavy atom. The van der Waals surface area contributed by atoms with Crippen LogP contribution in [0.2, 0.25) is 0 Å². The van der Waals surface area contributed by atoms with Gasteiger partial charge in [0.15, 0.2) is 5.82 Å². The molecule has 0 atom stereocenters. The zero-order valence-electron chi connectivity index (χ0n) is 31.9. The maximum atomic E-state index is 5.35. The first-order valence-corrected chi connectivity index (χ1v) is 20.0. The number of nitrogens with zero attached hydrogens (tertiary/aromatic N) is 4. The van der Waals surface area contributed by atoms with Crippen LogP contribution < -0.4 is 0 Å². The van der Waals surface area contributed by atoms with Crippen molar-refractivity contribution in [2.75, 3.05) is 0 Å². The van der Waals surface area contributed by atoms with Crippen LogP contribution in [0.1, 0.15) is 0 Å². The summed E-state index contributed by atoms with van der Waals surface area (Å²) < 4.78 is 2.40. The molecule has 0 amide bonds. The second-order valence-electron chi connectivity index (χ2n) is 15.2. The van der Waals surface area contributed by atoms with Gasteiger partial charge in [-0.3, -0.25) is 0 Å². The van der Waals surface area contributed by atoms with Crippen LogP contribution in [0.4, 0.5) is 0 Å². The lowest BCUT2D eigenvalue weighted by Crippen LogP contribution is -1.96. The highest BCUT2D eigenvalue weighted by atomic mass is 15.0. The fraction of sp³-hybridized carbons (Fsp3) is 0. The molecule has 12 aromatic rings. The second kappa shape index (κ2) is 13.3. The Bertz CT molecular complexity index is 3610. The normalized spacial score (nSPS) is 11.7. The molecule has 0 N–H and O–H groups in total. The summed E-state index contributed by atoms with van der Waals surface area (Å²) in [6, 6.07) is 73.3. The Morgan fingerprint density at radius 3 is 1.80 bits per heavy atom. The first kappa shape index (κ1) is 33.2. The Hall–Kier alpha value is -7.95. The number of hydrogen-bond donors (Lipinski definition) is 0. The van der Waals surface area contributed by atoms with Gasteiger partial charge in [-0.1, -0.05) is 158 Å². The molecule has 3 aromatic heterocycles. The van der Waals surface area contributed by atoms with Gasteiger partial charge in [0.05, 0.1) is 33.5 Å². The average Bonchev–Trinajstić information content (AvgIpc) is 3.63. The van der Waals surface area contributed by atoms with Crippen molar-refractivity contribution in [2.24, 2.45) is 0 Å². The van der Waals surface area contributed by atoms with Crippen molar-refractivity contribution in [1.29, 1.82) is 0 Å². The molecule has 0 bridgehead atoms. The summed E-state index contributed by atoms with van der Waals surface area (Å²) in [6.07, 6.45) is 0. The predicted molar refractivity (Wildman–Crippen MR) is 246 cm³/mol. The van der Waals surface area contributed by atoms with Crippen LogP contribution in [0.25, 0.3) is 116 Å². The molecule has 0 aliphatic carbocycles. The van der Waals surface area contributed by atoms with Gasteiger partial charge in [0.25, 0.3) is 0 Å². The number of rotatable bonds is 5. The van der Waals surface area contributed by atoms with Gasteiger partial charge in [-0.15, -0.1) is 0 Å². The number of hydrogen-bond acceptors (Lipinski definition) is 3. The monoisotopic (exact) mass is 750 g/mol. The van der Waals surface area contributed by atoms with Crippen molar-refractivity contribution < 1.29 is 0 Å². The van der Waals surface area contributed by atoms with Crippen LogP contribution in [-0.4, -0.2) is 19.5 Å². The van der Waals surface area contributed by atoms with E-state index in [1.54, 1.807) is 0 Å². The fourth-order valence-corrected chi connectivity index (χ4v) is 8.92. The summed E-state index contributed by atoms with van der Waals surface area (Å²) in [5.74, 6) is 0.703. The van der Waals surface area contributed by atoms with Gasteiger partial charge < -0.3 is 4.57 Å². The van der Waals surface area contributed by atoms with Crippen molar-refractivity contribution in [3.63, 3.8) is 0 Å². The smallest absolute Gasteiger partial charge is 0.160 e. The van der Waals surface area contributed by atoms with Gasteiger partial charge in [0.1, 0.15) is 0 Å². The topological polar surface area (TPSA) is 43.6 Å². The third kappa shape index (κ3) is 5.49. The van der Waals surface area contributed by atoms with E-state index in [-0.39, 0.29) is 0 Å². The van der Waals surface area contributed by atoms with E-state index in [0.29, 0.717) is 5.82 Å². The third-order valence-electron chi connectivity index (χ3n) is 11.7. The number of benzene rings is 9. The molecule has 4 nitrogen and oxygen atoms in total. The lowest BCUT2D eigenvalue weighted by molar-refractivity contribution is 1.18. The van der Waals surface area contributed by atoms with Crippen LogP contribution in [0, 0.1) is 0 Å². The molecular weight excluding hydrogens is 717 g/mol. The van der Waals surface area contributed by atoms with Crippen molar-refractivity contribution >= 4 is 65.2 Å². The molecule has 0 radical (unpaired) electrons. The molecule has 0 spiro atoms. The second-order valence-corrected chi connectivity index (χ2v) is 15.2. The largest absolute Gasteiger partial charge is 0.309 e. The van der Waals surface area contributed by atoms with Crippen molar-refractivity contribution in [1.82, 2.24) is 19.5 Å². The van der Waals surface area contributed by atoms with E-state index in [0.717, 1.165) is 83.1 Å². The van der Waals surface area contributed by atoms with Crippen LogP contribution >= 0.6 is 0 Å². The Labute approximate surface area is 340 Å². The number of aromatic nitrogens is 4. The summed E-state index contributed by atoms with van der Waals surface area (Å²) in [5, 5.41) is 9.27. The molecule has 12 rings (SSSR count). The molecule has 0 saturated carbocycles. The summed E-state index contributed by atoms with van der Waals surface area (Å²) in [4.78, 5) is 15.7. The standard InChI is InChI=1S/C55H34N4/c1-3-15-36(16-4-1)53-45-23-10-9-22-43(45)47-34-52-48(33-50(47)56-53)44-29-28-39(32-51(44)59(52)42-20-5-2-6-21-42)38-18-13-19-41(31-38)55-57-49-25-12-11-24-46(49)54(58-55)40-27-26-35-14-7-8-17-37(35)30-40/h1-34H. The predicted octanol–water partition coefficient (Wildman–Crippen LogP) is 14.2. The van der Waals surface area contributed by atoms with Gasteiger partial charge in [-0.2, -0.15) is 0 Å². The molecule has 274 valence electrons. The minimum absolute atomic E-state index is 0.703. The van der Waals surface area contributed by atoms with E-state index in [1.807, 2.05) is 6.07 Å². The van der Waals surface area contributed by atoms with E-state index < -0.39 is 0 Å². The molecule has 3 heterocycles. The quantitative estimate of drug-likeness (QED) is 0.165. The molecule has 9 aromatic carbocycles. The summed E-state index contributed by atoms with van der Waals surface area (Å²) >= 11 is 0. The molecule has 59 heavy (non-hydrogen) atoms. The molecule has 0 saturated heterocycles. The molecule has 0 unspecified atom stereocenters. The SMILES string of the molecule is c1ccc(-c2nc3cc4c5ccc(-c6cccc(-c7nc(-c8ccc9ccccc9c8)c8ccccc8n7)c6)cc5n(-c5ccccc5)c4cc3c3ccccc23)cc1. The molecular formula is C55H34N4. The third-order valence-corrected chi connectivity index (χ3v) is 11.7. The van der Waals surface area contributed by atoms with Crippen LogP contribution in [0.3, 0.4) is 0 Å². The fourth-order valence-electron chi connectivity index (χ4n) is 8.92. The number of para-hydroxylation sites is 2. The molecule has 0 aliphatic heterocycles. The number of fused-ring (bicyclic) bond motifs is 8. The van der Waals surface area contributed by atoms with Crippen LogP contribution in [0.5, 0.6) is 0 Å². The van der Waals surface area contributed by atoms with Crippen molar-refractivity contribution in [3.05, 3.63) is 206 Å². The van der Waals surface area contributed by atoms with Gasteiger partial charge in [0, 0.05) is 49.3 Å². The van der Waals surface area contributed by atoms with Gasteiger partial charge in [-0.05, 0) is 75.8 Å². The lowest BCUT2D eigenvalue weighted by atomic mass is 9.98. The Kier molecular flexibility index (Phi) is 7.50. The average molecular weight is 751 g/mol. The Morgan fingerprint density at radius 2 is 0.932 bits per heavy atom. The van der Waals surface area contributed by atoms with Crippen LogP contribution in [-0.2, 0) is 0 Å². The highest BCUT2D eigenvalue weighted by Crippen LogP contribution is 2.40. The van der Waals surface area contributed by atoms with E-state index in [9.17, 15) is 0 Å². The zero-order chi connectivity index (χ0) is 38.9. The van der Waals surface area contributed by atoms with E-state index in [1.165, 1.54) is 26.9 Å². The molecule has 0 aliphatic rings. The highest BCUT2D eigenvalue weighted by molar-refractivity contribution is 6.19. The highest BCUT2D eigenvalue weighted by Gasteiger charge is 2.19. The van der Waals surface area contributed by atoms with E-state index >= 15 is 0 Å². The van der Waals surface area contributed by atoms with Gasteiger partial charge >= 0.3 is 0 Å². The molecule has 4 heteroatoms. The minimum atomic E-state index is 0.703. The lowest BCUT2D eigenvalue weighted by Gasteiger charge is -2.12. The summed E-state index contributed by atoms with van der Waals surface area (Å²) in [6.45, 7) is 0. The molecule has 0 fully saturated rings. The maximum absolute atomic E-state index is 5.35. The maximum Gasteiger partial charge on any atom is 0.160 e. The van der Waals surface area contributed by atoms with Crippen LogP contribution in [0.15, 0.2) is 206 Å². The van der Waals surface area contributed by atoms with E-state index in [2.05, 4.69) is 205 Å². The first-order valence-electron chi connectivity index (χ1n) is 20.0. The summed E-state index contributed by atoms with van der Waals surface area (Å²) in [5.41, 5.74) is 12.6. The minimum Gasteiger partial charge on any atom is -0.309 e. The van der Waals surface area contributed by atoms with Crippen molar-refractivity contribution in [3.8, 4) is 50.7 Å². The zero-order valence-corrected chi connectivity index (χ0v) is 31.9. The van der Waals surface area contributed by atoms with Crippen molar-refractivity contribution in [2.45, 2.75) is 0 Å². The van der Waals surface area contributed by atoms with Gasteiger partial charge in [-0.25, -0.2) is 15.0 Å². The summed E-state index contributed by atoms with van der Waals surface area (Å²) in [7, 11) is 0. The Balaban J connectivity index is 1.04. The van der Waals surface area contributed by atoms with E-state index in [4.69, 9.17) is 15.0 Å². The number of pyridine rings is 1. The van der Waals surface area contributed by atoms with Gasteiger partial charge in [0.2, 0.25) is 0 Å².